The first kappa shape index (κ1) is 14.1. The van der Waals surface area contributed by atoms with Crippen molar-refractivity contribution in [1.82, 2.24) is 9.88 Å². The third kappa shape index (κ3) is 3.08. The van der Waals surface area contributed by atoms with E-state index in [0.717, 1.165) is 30.6 Å². The van der Waals surface area contributed by atoms with Gasteiger partial charge in [0.1, 0.15) is 5.76 Å². The maximum Gasteiger partial charge on any atom is 0.240 e. The molecule has 2 heterocycles. The van der Waals surface area contributed by atoms with Crippen molar-refractivity contribution in [3.63, 3.8) is 0 Å². The predicted octanol–water partition coefficient (Wildman–Crippen LogP) is 1.82. The summed E-state index contributed by atoms with van der Waals surface area (Å²) in [6.45, 7) is 2.82. The van der Waals surface area contributed by atoms with Crippen molar-refractivity contribution in [1.29, 1.82) is 0 Å². The summed E-state index contributed by atoms with van der Waals surface area (Å²) in [6.07, 6.45) is 1.91. The van der Waals surface area contributed by atoms with E-state index in [1.165, 1.54) is 0 Å². The summed E-state index contributed by atoms with van der Waals surface area (Å²) in [5.41, 5.74) is 2.63. The molecule has 0 spiro atoms. The summed E-state index contributed by atoms with van der Waals surface area (Å²) in [6, 6.07) is 6.88. The average molecular weight is 307 g/mol. The van der Waals surface area contributed by atoms with Gasteiger partial charge in [-0.25, -0.2) is 13.1 Å². The number of anilines is 1. The lowest BCUT2D eigenvalue weighted by Crippen LogP contribution is -2.24. The zero-order chi connectivity index (χ0) is 14.9. The molecule has 0 atom stereocenters. The molecule has 1 aromatic carbocycles. The first-order chi connectivity index (χ1) is 10.0. The summed E-state index contributed by atoms with van der Waals surface area (Å²) in [5.74, 6) is 0.657. The summed E-state index contributed by atoms with van der Waals surface area (Å²) in [7, 11) is -3.54. The molecular formula is C14H17N3O3S. The van der Waals surface area contributed by atoms with Crippen LogP contribution in [0.5, 0.6) is 0 Å². The van der Waals surface area contributed by atoms with Gasteiger partial charge in [0.05, 0.1) is 17.1 Å². The Morgan fingerprint density at radius 1 is 1.38 bits per heavy atom. The van der Waals surface area contributed by atoms with Gasteiger partial charge in [-0.2, -0.15) is 0 Å². The van der Waals surface area contributed by atoms with E-state index in [0.29, 0.717) is 11.5 Å². The fourth-order valence-corrected chi connectivity index (χ4v) is 3.42. The monoisotopic (exact) mass is 307 g/mol. The van der Waals surface area contributed by atoms with Crippen LogP contribution in [0.2, 0.25) is 0 Å². The molecule has 1 aromatic heterocycles. The van der Waals surface area contributed by atoms with E-state index in [-0.39, 0.29) is 11.4 Å². The topological polar surface area (TPSA) is 84.2 Å². The van der Waals surface area contributed by atoms with Crippen molar-refractivity contribution in [2.45, 2.75) is 31.2 Å². The quantitative estimate of drug-likeness (QED) is 0.900. The van der Waals surface area contributed by atoms with Crippen LogP contribution >= 0.6 is 0 Å². The second-order valence-electron chi connectivity index (χ2n) is 5.10. The number of nitrogens with one attached hydrogen (secondary N) is 2. The van der Waals surface area contributed by atoms with Crippen molar-refractivity contribution in [3.05, 3.63) is 41.3 Å². The Kier molecular flexibility index (Phi) is 3.69. The lowest BCUT2D eigenvalue weighted by Gasteiger charge is -2.18. The number of fused-ring (bicyclic) bond motifs is 1. The minimum atomic E-state index is -3.54. The first-order valence-electron chi connectivity index (χ1n) is 6.83. The van der Waals surface area contributed by atoms with Crippen LogP contribution in [0.25, 0.3) is 0 Å². The van der Waals surface area contributed by atoms with E-state index in [1.807, 2.05) is 6.07 Å². The van der Waals surface area contributed by atoms with E-state index < -0.39 is 10.0 Å². The fraction of sp³-hybridized carbons (Fsp3) is 0.357. The molecule has 6 nitrogen and oxygen atoms in total. The molecule has 2 N–H and O–H groups in total. The first-order valence-corrected chi connectivity index (χ1v) is 8.31. The second kappa shape index (κ2) is 5.50. The molecule has 112 valence electrons. The number of rotatable bonds is 4. The lowest BCUT2D eigenvalue weighted by atomic mass is 10.0. The smallest absolute Gasteiger partial charge is 0.240 e. The third-order valence-electron chi connectivity index (χ3n) is 3.45. The predicted molar refractivity (Wildman–Crippen MR) is 78.5 cm³/mol. The molecule has 1 aliphatic rings. The third-order valence-corrected chi connectivity index (χ3v) is 4.84. The van der Waals surface area contributed by atoms with E-state index in [4.69, 9.17) is 4.52 Å². The van der Waals surface area contributed by atoms with Crippen LogP contribution in [0.15, 0.2) is 33.7 Å². The molecule has 0 saturated heterocycles. The molecule has 2 aromatic rings. The van der Waals surface area contributed by atoms with Gasteiger partial charge in [0.15, 0.2) is 0 Å². The largest absolute Gasteiger partial charge is 0.385 e. The number of sulfonamides is 1. The lowest BCUT2D eigenvalue weighted by molar-refractivity contribution is 0.390. The number of nitrogens with zero attached hydrogens (tertiary/aromatic N) is 1. The van der Waals surface area contributed by atoms with E-state index in [1.54, 1.807) is 25.1 Å². The van der Waals surface area contributed by atoms with Gasteiger partial charge in [-0.3, -0.25) is 0 Å². The normalized spacial score (nSPS) is 14.5. The molecule has 3 rings (SSSR count). The molecule has 1 aliphatic heterocycles. The van der Waals surface area contributed by atoms with Crippen LogP contribution in [0.3, 0.4) is 0 Å². The van der Waals surface area contributed by atoms with Crippen molar-refractivity contribution in [3.8, 4) is 0 Å². The van der Waals surface area contributed by atoms with Crippen LogP contribution in [0, 0.1) is 6.92 Å². The van der Waals surface area contributed by atoms with Crippen LogP contribution in [0.4, 0.5) is 5.69 Å². The zero-order valence-corrected chi connectivity index (χ0v) is 12.5. The molecule has 0 bridgehead atoms. The van der Waals surface area contributed by atoms with Crippen LogP contribution in [0.1, 0.15) is 23.4 Å². The van der Waals surface area contributed by atoms with Crippen molar-refractivity contribution in [2.75, 3.05) is 11.9 Å². The molecule has 0 fully saturated rings. The minimum absolute atomic E-state index is 0.120. The molecule has 7 heteroatoms. The van der Waals surface area contributed by atoms with E-state index in [9.17, 15) is 8.42 Å². The minimum Gasteiger partial charge on any atom is -0.385 e. The number of hydrogen-bond donors (Lipinski definition) is 2. The summed E-state index contributed by atoms with van der Waals surface area (Å²) in [5, 5.41) is 7.04. The maximum absolute atomic E-state index is 12.3. The number of hydrogen-bond acceptors (Lipinski definition) is 5. The Bertz CT molecular complexity index is 753. The van der Waals surface area contributed by atoms with Gasteiger partial charge in [0.2, 0.25) is 10.0 Å². The molecule has 0 aliphatic carbocycles. The van der Waals surface area contributed by atoms with Gasteiger partial charge < -0.3 is 9.84 Å². The van der Waals surface area contributed by atoms with Crippen molar-refractivity contribution in [2.24, 2.45) is 0 Å². The Morgan fingerprint density at radius 3 is 3.00 bits per heavy atom. The number of aryl methyl sites for hydroxylation is 2. The molecule has 0 radical (unpaired) electrons. The van der Waals surface area contributed by atoms with Crippen LogP contribution < -0.4 is 10.0 Å². The van der Waals surface area contributed by atoms with Gasteiger partial charge in [-0.15, -0.1) is 0 Å². The molecule has 21 heavy (non-hydrogen) atoms. The Labute approximate surface area is 123 Å². The second-order valence-corrected chi connectivity index (χ2v) is 6.87. The van der Waals surface area contributed by atoms with Gasteiger partial charge in [-0.05, 0) is 43.5 Å². The summed E-state index contributed by atoms with van der Waals surface area (Å²) in [4.78, 5) is 0.283. The summed E-state index contributed by atoms with van der Waals surface area (Å²) < 4.78 is 32.1. The van der Waals surface area contributed by atoms with Gasteiger partial charge in [0, 0.05) is 18.3 Å². The molecule has 0 unspecified atom stereocenters. The molecule has 0 amide bonds. The highest BCUT2D eigenvalue weighted by Crippen LogP contribution is 2.24. The highest BCUT2D eigenvalue weighted by molar-refractivity contribution is 7.89. The molecular weight excluding hydrogens is 290 g/mol. The Balaban J connectivity index is 1.78. The molecule has 0 saturated carbocycles. The standard InChI is InChI=1S/C14H17N3O3S/c1-10-7-12(17-20-10)9-16-21(18,19)13-4-5-14-11(8-13)3-2-6-15-14/h4-5,7-8,15-16H,2-3,6,9H2,1H3. The van der Waals surface area contributed by atoms with Crippen molar-refractivity contribution >= 4 is 15.7 Å². The number of aromatic nitrogens is 1. The number of benzene rings is 1. The van der Waals surface area contributed by atoms with Gasteiger partial charge in [-0.1, -0.05) is 5.16 Å². The van der Waals surface area contributed by atoms with Gasteiger partial charge in [0.25, 0.3) is 0 Å². The van der Waals surface area contributed by atoms with Crippen LogP contribution in [-0.4, -0.2) is 20.1 Å². The fourth-order valence-electron chi connectivity index (χ4n) is 2.37. The highest BCUT2D eigenvalue weighted by atomic mass is 32.2. The average Bonchev–Trinajstić information content (AvgIpc) is 2.90. The van der Waals surface area contributed by atoms with E-state index in [2.05, 4.69) is 15.2 Å². The maximum atomic E-state index is 12.3. The van der Waals surface area contributed by atoms with Gasteiger partial charge >= 0.3 is 0 Å². The highest BCUT2D eigenvalue weighted by Gasteiger charge is 2.18. The Morgan fingerprint density at radius 2 is 2.24 bits per heavy atom. The Hall–Kier alpha value is -1.86. The SMILES string of the molecule is Cc1cc(CNS(=O)(=O)c2ccc3c(c2)CCCN3)no1. The zero-order valence-electron chi connectivity index (χ0n) is 11.7. The van der Waals surface area contributed by atoms with Crippen molar-refractivity contribution < 1.29 is 12.9 Å². The van der Waals surface area contributed by atoms with Crippen LogP contribution in [-0.2, 0) is 23.0 Å². The van der Waals surface area contributed by atoms with E-state index >= 15 is 0 Å². The summed E-state index contributed by atoms with van der Waals surface area (Å²) >= 11 is 0.